The van der Waals surface area contributed by atoms with Gasteiger partial charge in [0.2, 0.25) is 5.91 Å². The van der Waals surface area contributed by atoms with Crippen molar-refractivity contribution in [3.63, 3.8) is 0 Å². The van der Waals surface area contributed by atoms with Gasteiger partial charge in [0.05, 0.1) is 5.41 Å². The second-order valence-corrected chi connectivity index (χ2v) is 7.66. The van der Waals surface area contributed by atoms with E-state index in [1.165, 1.54) is 19.3 Å². The van der Waals surface area contributed by atoms with Gasteiger partial charge in [-0.05, 0) is 74.5 Å². The lowest BCUT2D eigenvalue weighted by molar-refractivity contribution is -0.143. The number of hydrogen-bond donors (Lipinski definition) is 1. The molecule has 1 amide bonds. The van der Waals surface area contributed by atoms with Crippen molar-refractivity contribution < 1.29 is 4.79 Å². The second kappa shape index (κ2) is 4.49. The molecule has 0 saturated heterocycles. The monoisotopic (exact) mass is 284 g/mol. The predicted octanol–water partition coefficient (Wildman–Crippen LogP) is 3.45. The Balaban J connectivity index is 1.62. The average molecular weight is 284 g/mol. The standard InChI is InChI=1S/C18H24N2O/c1-20(16-4-2-3-15(19)8-16)17(21)18-9-12-5-13(10-18)7-14(6-12)11-18/h2-4,8,12-14H,5-7,9-11,19H2,1H3. The lowest BCUT2D eigenvalue weighted by Gasteiger charge is -2.56. The number of nitrogen functional groups attached to an aromatic ring is 1. The van der Waals surface area contributed by atoms with Gasteiger partial charge in [0.1, 0.15) is 0 Å². The summed E-state index contributed by atoms with van der Waals surface area (Å²) in [6, 6.07) is 7.67. The van der Waals surface area contributed by atoms with Crippen LogP contribution >= 0.6 is 0 Å². The van der Waals surface area contributed by atoms with E-state index in [4.69, 9.17) is 5.73 Å². The van der Waals surface area contributed by atoms with Crippen LogP contribution in [0, 0.1) is 23.2 Å². The van der Waals surface area contributed by atoms with Gasteiger partial charge in [0, 0.05) is 18.4 Å². The number of carbonyl (C=O) groups excluding carboxylic acids is 1. The highest BCUT2D eigenvalue weighted by Gasteiger charge is 2.55. The molecule has 5 rings (SSSR count). The van der Waals surface area contributed by atoms with Gasteiger partial charge in [-0.1, -0.05) is 6.07 Å². The number of rotatable bonds is 2. The number of amides is 1. The van der Waals surface area contributed by atoms with Crippen molar-refractivity contribution in [3.05, 3.63) is 24.3 Å². The molecule has 3 nitrogen and oxygen atoms in total. The van der Waals surface area contributed by atoms with Crippen molar-refractivity contribution in [3.8, 4) is 0 Å². The zero-order valence-electron chi connectivity index (χ0n) is 12.7. The molecular weight excluding hydrogens is 260 g/mol. The Kier molecular flexibility index (Phi) is 2.82. The van der Waals surface area contributed by atoms with Crippen molar-refractivity contribution in [2.75, 3.05) is 17.7 Å². The molecule has 4 aliphatic rings. The third kappa shape index (κ3) is 2.05. The highest BCUT2D eigenvalue weighted by Crippen LogP contribution is 2.60. The maximum atomic E-state index is 13.2. The molecule has 0 radical (unpaired) electrons. The molecule has 4 saturated carbocycles. The first-order valence-corrected chi connectivity index (χ1v) is 8.19. The summed E-state index contributed by atoms with van der Waals surface area (Å²) in [7, 11) is 1.91. The van der Waals surface area contributed by atoms with E-state index in [1.807, 2.05) is 36.2 Å². The Bertz CT molecular complexity index is 545. The van der Waals surface area contributed by atoms with E-state index in [-0.39, 0.29) is 5.41 Å². The minimum atomic E-state index is -0.0753. The first kappa shape index (κ1) is 13.2. The highest BCUT2D eigenvalue weighted by molar-refractivity contribution is 5.97. The Labute approximate surface area is 126 Å². The van der Waals surface area contributed by atoms with Gasteiger partial charge in [0.15, 0.2) is 0 Å². The first-order valence-electron chi connectivity index (χ1n) is 8.19. The van der Waals surface area contributed by atoms with E-state index in [9.17, 15) is 4.79 Å². The largest absolute Gasteiger partial charge is 0.399 e. The van der Waals surface area contributed by atoms with Gasteiger partial charge in [-0.25, -0.2) is 0 Å². The lowest BCUT2D eigenvalue weighted by Crippen LogP contribution is -2.54. The van der Waals surface area contributed by atoms with E-state index >= 15 is 0 Å². The quantitative estimate of drug-likeness (QED) is 0.846. The van der Waals surface area contributed by atoms with Crippen LogP contribution in [0.4, 0.5) is 11.4 Å². The first-order chi connectivity index (χ1) is 10.1. The van der Waals surface area contributed by atoms with Crippen LogP contribution in [0.2, 0.25) is 0 Å². The fourth-order valence-corrected chi connectivity index (χ4v) is 5.58. The van der Waals surface area contributed by atoms with E-state index in [0.717, 1.165) is 48.4 Å². The van der Waals surface area contributed by atoms with Crippen LogP contribution in [0.15, 0.2) is 24.3 Å². The van der Waals surface area contributed by atoms with Crippen LogP contribution in [0.1, 0.15) is 38.5 Å². The molecule has 4 fully saturated rings. The Morgan fingerprint density at radius 1 is 1.14 bits per heavy atom. The molecule has 1 aromatic carbocycles. The number of nitrogens with two attached hydrogens (primary N) is 1. The van der Waals surface area contributed by atoms with Gasteiger partial charge in [-0.3, -0.25) is 4.79 Å². The topological polar surface area (TPSA) is 46.3 Å². The maximum absolute atomic E-state index is 13.2. The molecule has 4 bridgehead atoms. The minimum Gasteiger partial charge on any atom is -0.399 e. The van der Waals surface area contributed by atoms with Crippen LogP contribution in [0.5, 0.6) is 0 Å². The van der Waals surface area contributed by atoms with Gasteiger partial charge < -0.3 is 10.6 Å². The molecule has 1 aromatic rings. The molecule has 0 unspecified atom stereocenters. The summed E-state index contributed by atoms with van der Waals surface area (Å²) in [5.74, 6) is 2.73. The van der Waals surface area contributed by atoms with Gasteiger partial charge in [0.25, 0.3) is 0 Å². The maximum Gasteiger partial charge on any atom is 0.232 e. The number of anilines is 2. The Morgan fingerprint density at radius 2 is 1.71 bits per heavy atom. The zero-order chi connectivity index (χ0) is 14.6. The molecule has 4 aliphatic carbocycles. The molecule has 21 heavy (non-hydrogen) atoms. The molecule has 0 atom stereocenters. The summed E-state index contributed by atoms with van der Waals surface area (Å²) < 4.78 is 0. The SMILES string of the molecule is CN(C(=O)C12CC3CC(CC(C3)C1)C2)c1cccc(N)c1. The molecule has 0 spiro atoms. The lowest BCUT2D eigenvalue weighted by atomic mass is 9.49. The number of benzene rings is 1. The smallest absolute Gasteiger partial charge is 0.232 e. The molecule has 112 valence electrons. The second-order valence-electron chi connectivity index (χ2n) is 7.66. The summed E-state index contributed by atoms with van der Waals surface area (Å²) in [6.45, 7) is 0. The highest BCUT2D eigenvalue weighted by atomic mass is 16.2. The van der Waals surface area contributed by atoms with Crippen molar-refractivity contribution >= 4 is 17.3 Å². The van der Waals surface area contributed by atoms with Crippen molar-refractivity contribution in [2.45, 2.75) is 38.5 Å². The van der Waals surface area contributed by atoms with Gasteiger partial charge in [-0.2, -0.15) is 0 Å². The molecule has 2 N–H and O–H groups in total. The molecular formula is C18H24N2O. The average Bonchev–Trinajstić information content (AvgIpc) is 2.44. The van der Waals surface area contributed by atoms with Crippen LogP contribution in [-0.4, -0.2) is 13.0 Å². The third-order valence-corrected chi connectivity index (χ3v) is 6.05. The van der Waals surface area contributed by atoms with E-state index in [0.29, 0.717) is 5.91 Å². The molecule has 0 aromatic heterocycles. The number of carbonyl (C=O) groups is 1. The molecule has 0 aliphatic heterocycles. The summed E-state index contributed by atoms with van der Waals surface area (Å²) in [5.41, 5.74) is 7.44. The van der Waals surface area contributed by atoms with Crippen molar-refractivity contribution in [1.82, 2.24) is 0 Å². The van der Waals surface area contributed by atoms with Gasteiger partial charge in [-0.15, -0.1) is 0 Å². The predicted molar refractivity (Wildman–Crippen MR) is 84.9 cm³/mol. The van der Waals surface area contributed by atoms with Crippen LogP contribution in [0.3, 0.4) is 0 Å². The van der Waals surface area contributed by atoms with Crippen LogP contribution in [0.25, 0.3) is 0 Å². The van der Waals surface area contributed by atoms with Crippen LogP contribution in [-0.2, 0) is 4.79 Å². The Morgan fingerprint density at radius 3 is 2.24 bits per heavy atom. The van der Waals surface area contributed by atoms with E-state index < -0.39 is 0 Å². The number of nitrogens with zero attached hydrogens (tertiary/aromatic N) is 1. The summed E-state index contributed by atoms with van der Waals surface area (Å²) in [5, 5.41) is 0. The summed E-state index contributed by atoms with van der Waals surface area (Å²) in [4.78, 5) is 15.0. The van der Waals surface area contributed by atoms with Crippen molar-refractivity contribution in [1.29, 1.82) is 0 Å². The fraction of sp³-hybridized carbons (Fsp3) is 0.611. The number of hydrogen-bond acceptors (Lipinski definition) is 2. The molecule has 3 heteroatoms. The molecule has 0 heterocycles. The van der Waals surface area contributed by atoms with Crippen molar-refractivity contribution in [2.24, 2.45) is 23.2 Å². The Hall–Kier alpha value is -1.51. The van der Waals surface area contributed by atoms with Crippen LogP contribution < -0.4 is 10.6 Å². The third-order valence-electron chi connectivity index (χ3n) is 6.05. The summed E-state index contributed by atoms with van der Waals surface area (Å²) in [6.07, 6.45) is 7.46. The summed E-state index contributed by atoms with van der Waals surface area (Å²) >= 11 is 0. The van der Waals surface area contributed by atoms with Gasteiger partial charge >= 0.3 is 0 Å². The van der Waals surface area contributed by atoms with E-state index in [1.54, 1.807) is 0 Å². The zero-order valence-corrected chi connectivity index (χ0v) is 12.7. The van der Waals surface area contributed by atoms with E-state index in [2.05, 4.69) is 0 Å². The minimum absolute atomic E-state index is 0.0753. The fourth-order valence-electron chi connectivity index (χ4n) is 5.58. The normalized spacial score (nSPS) is 36.7.